The molecule has 0 aliphatic carbocycles. The third-order valence-electron chi connectivity index (χ3n) is 1.23. The minimum absolute atomic E-state index is 0.340. The standard InChI is InChI=1S/C4H3ClN6/c5-2-1-7-11-4(3(2)6)8-9-10-11/h1H,6H2. The first-order valence-corrected chi connectivity index (χ1v) is 3.15. The van der Waals surface area contributed by atoms with Crippen molar-refractivity contribution in [1.29, 1.82) is 0 Å². The van der Waals surface area contributed by atoms with Crippen molar-refractivity contribution in [3.63, 3.8) is 0 Å². The summed E-state index contributed by atoms with van der Waals surface area (Å²) in [4.78, 5) is 0. The summed E-state index contributed by atoms with van der Waals surface area (Å²) in [6.45, 7) is 0. The Morgan fingerprint density at radius 1 is 1.55 bits per heavy atom. The number of halogens is 1. The number of tetrazole rings is 1. The molecule has 2 rings (SSSR count). The molecule has 2 aromatic rings. The third-order valence-corrected chi connectivity index (χ3v) is 1.53. The van der Waals surface area contributed by atoms with Gasteiger partial charge in [0.25, 0.3) is 0 Å². The molecule has 11 heavy (non-hydrogen) atoms. The van der Waals surface area contributed by atoms with Gasteiger partial charge in [-0.05, 0) is 10.4 Å². The summed E-state index contributed by atoms with van der Waals surface area (Å²) in [6, 6.07) is 0. The number of anilines is 1. The van der Waals surface area contributed by atoms with E-state index < -0.39 is 0 Å². The van der Waals surface area contributed by atoms with Crippen molar-refractivity contribution in [2.24, 2.45) is 0 Å². The molecule has 7 heteroatoms. The normalized spacial score (nSPS) is 10.6. The van der Waals surface area contributed by atoms with Gasteiger partial charge in [-0.15, -0.1) is 9.73 Å². The van der Waals surface area contributed by atoms with Gasteiger partial charge in [0.15, 0.2) is 0 Å². The summed E-state index contributed by atoms with van der Waals surface area (Å²) in [5.74, 6) is 0. The Hall–Kier alpha value is -1.43. The monoisotopic (exact) mass is 170 g/mol. The molecule has 0 aliphatic heterocycles. The fraction of sp³-hybridized carbons (Fsp3) is 0. The van der Waals surface area contributed by atoms with E-state index in [0.29, 0.717) is 16.4 Å². The lowest BCUT2D eigenvalue weighted by atomic mass is 10.5. The average Bonchev–Trinajstić information content (AvgIpc) is 2.45. The van der Waals surface area contributed by atoms with Gasteiger partial charge < -0.3 is 5.73 Å². The molecule has 0 radical (unpaired) electrons. The third kappa shape index (κ3) is 0.795. The Morgan fingerprint density at radius 3 is 3.18 bits per heavy atom. The largest absolute Gasteiger partial charge is 0.394 e. The highest BCUT2D eigenvalue weighted by Crippen LogP contribution is 2.18. The maximum absolute atomic E-state index is 5.65. The van der Waals surface area contributed by atoms with Gasteiger partial charge in [-0.1, -0.05) is 11.6 Å². The van der Waals surface area contributed by atoms with Gasteiger partial charge in [-0.2, -0.15) is 5.10 Å². The molecule has 0 bridgehead atoms. The highest BCUT2D eigenvalue weighted by Gasteiger charge is 2.05. The predicted molar refractivity (Wildman–Crippen MR) is 38.0 cm³/mol. The van der Waals surface area contributed by atoms with Crippen LogP contribution in [0.15, 0.2) is 6.20 Å². The van der Waals surface area contributed by atoms with Crippen LogP contribution in [0.2, 0.25) is 5.02 Å². The first-order valence-electron chi connectivity index (χ1n) is 2.77. The molecule has 2 N–H and O–H groups in total. The maximum atomic E-state index is 5.65. The number of hydrogen-bond donors (Lipinski definition) is 1. The number of aromatic nitrogens is 5. The Balaban J connectivity index is 2.93. The molecule has 2 aromatic heterocycles. The summed E-state index contributed by atoms with van der Waals surface area (Å²) < 4.78 is 1.21. The summed E-state index contributed by atoms with van der Waals surface area (Å²) in [5, 5.41) is 14.6. The lowest BCUT2D eigenvalue weighted by Crippen LogP contribution is -1.98. The number of nitrogen functional groups attached to an aromatic ring is 1. The first kappa shape index (κ1) is 6.29. The Labute approximate surface area is 65.9 Å². The van der Waals surface area contributed by atoms with Crippen LogP contribution in [0.3, 0.4) is 0 Å². The number of hydrogen-bond acceptors (Lipinski definition) is 5. The number of nitrogens with two attached hydrogens (primary N) is 1. The molecule has 0 saturated carbocycles. The zero-order valence-electron chi connectivity index (χ0n) is 5.27. The molecule has 0 aliphatic rings. The van der Waals surface area contributed by atoms with Crippen LogP contribution in [0.5, 0.6) is 0 Å². The lowest BCUT2D eigenvalue weighted by molar-refractivity contribution is 0.733. The van der Waals surface area contributed by atoms with Crippen molar-refractivity contribution in [3.05, 3.63) is 11.2 Å². The molecule has 0 atom stereocenters. The maximum Gasteiger partial charge on any atom is 0.224 e. The zero-order valence-corrected chi connectivity index (χ0v) is 6.02. The van der Waals surface area contributed by atoms with Crippen molar-refractivity contribution >= 4 is 22.9 Å². The van der Waals surface area contributed by atoms with Gasteiger partial charge in [0.05, 0.1) is 11.2 Å². The van der Waals surface area contributed by atoms with Crippen LogP contribution in [0.1, 0.15) is 0 Å². The molecule has 6 nitrogen and oxygen atoms in total. The van der Waals surface area contributed by atoms with E-state index in [0.717, 1.165) is 0 Å². The highest BCUT2D eigenvalue weighted by atomic mass is 35.5. The van der Waals surface area contributed by atoms with Crippen molar-refractivity contribution in [2.45, 2.75) is 0 Å². The number of rotatable bonds is 0. The van der Waals surface area contributed by atoms with E-state index in [9.17, 15) is 0 Å². The predicted octanol–water partition coefficient (Wildman–Crippen LogP) is -0.245. The SMILES string of the molecule is Nc1c(Cl)cnn2nnnc12. The first-order chi connectivity index (χ1) is 5.29. The van der Waals surface area contributed by atoms with E-state index in [1.807, 2.05) is 0 Å². The number of fused-ring (bicyclic) bond motifs is 1. The van der Waals surface area contributed by atoms with Gasteiger partial charge >= 0.3 is 0 Å². The molecular weight excluding hydrogens is 168 g/mol. The van der Waals surface area contributed by atoms with Crippen LogP contribution in [-0.2, 0) is 0 Å². The minimum atomic E-state index is 0.340. The van der Waals surface area contributed by atoms with Crippen LogP contribution in [0.4, 0.5) is 5.69 Å². The lowest BCUT2D eigenvalue weighted by Gasteiger charge is -1.94. The minimum Gasteiger partial charge on any atom is -0.394 e. The molecule has 56 valence electrons. The fourth-order valence-corrected chi connectivity index (χ4v) is 0.832. The zero-order chi connectivity index (χ0) is 7.84. The van der Waals surface area contributed by atoms with E-state index in [1.165, 1.54) is 10.8 Å². The molecular formula is C4H3ClN6. The molecule has 0 unspecified atom stereocenters. The van der Waals surface area contributed by atoms with Gasteiger partial charge in [0, 0.05) is 0 Å². The average molecular weight is 171 g/mol. The van der Waals surface area contributed by atoms with Crippen LogP contribution < -0.4 is 5.73 Å². The van der Waals surface area contributed by atoms with Crippen molar-refractivity contribution in [1.82, 2.24) is 25.3 Å². The topological polar surface area (TPSA) is 82.0 Å². The van der Waals surface area contributed by atoms with Crippen molar-refractivity contribution < 1.29 is 0 Å². The van der Waals surface area contributed by atoms with Crippen LogP contribution in [0, 0.1) is 0 Å². The molecule has 0 spiro atoms. The second kappa shape index (κ2) is 2.03. The second-order valence-corrected chi connectivity index (χ2v) is 2.31. The summed E-state index contributed by atoms with van der Waals surface area (Å²) in [6.07, 6.45) is 1.39. The van der Waals surface area contributed by atoms with Gasteiger partial charge in [0.2, 0.25) is 5.65 Å². The molecule has 0 amide bonds. The molecule has 0 fully saturated rings. The van der Waals surface area contributed by atoms with Crippen LogP contribution >= 0.6 is 11.6 Å². The highest BCUT2D eigenvalue weighted by molar-refractivity contribution is 6.33. The van der Waals surface area contributed by atoms with E-state index in [-0.39, 0.29) is 0 Å². The van der Waals surface area contributed by atoms with Crippen molar-refractivity contribution in [2.75, 3.05) is 5.73 Å². The van der Waals surface area contributed by atoms with Crippen molar-refractivity contribution in [3.8, 4) is 0 Å². The fourth-order valence-electron chi connectivity index (χ4n) is 0.704. The summed E-state index contributed by atoms with van der Waals surface area (Å²) in [7, 11) is 0. The molecule has 0 saturated heterocycles. The van der Waals surface area contributed by atoms with Gasteiger partial charge in [-0.25, -0.2) is 0 Å². The van der Waals surface area contributed by atoms with Gasteiger partial charge in [-0.3, -0.25) is 0 Å². The molecule has 2 heterocycles. The van der Waals surface area contributed by atoms with Gasteiger partial charge in [0.1, 0.15) is 5.69 Å². The van der Waals surface area contributed by atoms with Crippen LogP contribution in [0.25, 0.3) is 5.65 Å². The van der Waals surface area contributed by atoms with Crippen LogP contribution in [-0.4, -0.2) is 25.3 Å². The second-order valence-electron chi connectivity index (χ2n) is 1.90. The summed E-state index contributed by atoms with van der Waals surface area (Å²) in [5.41, 5.74) is 6.24. The smallest absolute Gasteiger partial charge is 0.224 e. The Kier molecular flexibility index (Phi) is 1.16. The Bertz CT molecular complexity index is 394. The molecule has 0 aromatic carbocycles. The quantitative estimate of drug-likeness (QED) is 0.590. The van der Waals surface area contributed by atoms with E-state index in [2.05, 4.69) is 20.6 Å². The van der Waals surface area contributed by atoms with E-state index in [1.54, 1.807) is 0 Å². The summed E-state index contributed by atoms with van der Waals surface area (Å²) >= 11 is 5.65. The van der Waals surface area contributed by atoms with E-state index in [4.69, 9.17) is 17.3 Å². The number of nitrogens with zero attached hydrogens (tertiary/aromatic N) is 5. The van der Waals surface area contributed by atoms with E-state index >= 15 is 0 Å². The Morgan fingerprint density at radius 2 is 2.36 bits per heavy atom.